The molecule has 0 spiro atoms. The molecular weight excluding hydrogens is 394 g/mol. The van der Waals surface area contributed by atoms with Crippen molar-refractivity contribution in [2.75, 3.05) is 6.61 Å². The van der Waals surface area contributed by atoms with Gasteiger partial charge < -0.3 is 0 Å². The Labute approximate surface area is 178 Å². The molecule has 0 N–H and O–H groups in total. The quantitative estimate of drug-likeness (QED) is 0.214. The molecule has 0 saturated carbocycles. The van der Waals surface area contributed by atoms with Crippen LogP contribution in [0.5, 0.6) is 0 Å². The first-order valence-corrected chi connectivity index (χ1v) is 10.5. The summed E-state index contributed by atoms with van der Waals surface area (Å²) in [5.41, 5.74) is -1.35. The molecule has 9 heteroatoms. The van der Waals surface area contributed by atoms with Crippen LogP contribution in [-0.2, 0) is 18.8 Å². The van der Waals surface area contributed by atoms with Gasteiger partial charge in [-0.1, -0.05) is 76.3 Å². The molecule has 23 heavy (non-hydrogen) atoms. The Morgan fingerprint density at radius 1 is 0.826 bits per heavy atom. The molecule has 0 radical (unpaired) electrons. The summed E-state index contributed by atoms with van der Waals surface area (Å²) in [7, 11) is -4.14. The standard InChI is InChI=1S/C14H27Cl3O4S.Na.H/c1-2-3-4-5-6-7-8-9-10-11-12-20-22(18,19)21-14(17)13(15)16;;/h13-14H,2-12H2,1H3;;. The average Bonchev–Trinajstić information content (AvgIpc) is 2.44. The van der Waals surface area contributed by atoms with E-state index in [1.54, 1.807) is 0 Å². The van der Waals surface area contributed by atoms with E-state index in [1.165, 1.54) is 44.9 Å². The molecule has 0 bridgehead atoms. The van der Waals surface area contributed by atoms with Gasteiger partial charge in [0.2, 0.25) is 0 Å². The Balaban J connectivity index is 0. The van der Waals surface area contributed by atoms with Crippen molar-refractivity contribution in [1.29, 1.82) is 0 Å². The van der Waals surface area contributed by atoms with Crippen LogP contribution in [0.15, 0.2) is 0 Å². The molecule has 0 amide bonds. The summed E-state index contributed by atoms with van der Waals surface area (Å²) in [5, 5.41) is 0. The average molecular weight is 422 g/mol. The van der Waals surface area contributed by atoms with Crippen LogP contribution in [0.3, 0.4) is 0 Å². The Hall–Kier alpha value is 1.74. The number of alkyl halides is 3. The van der Waals surface area contributed by atoms with E-state index < -0.39 is 20.8 Å². The van der Waals surface area contributed by atoms with Crippen LogP contribution in [0, 0.1) is 0 Å². The number of hydrogen-bond donors (Lipinski definition) is 0. The maximum atomic E-state index is 11.4. The van der Waals surface area contributed by atoms with Crippen molar-refractivity contribution < 1.29 is 16.8 Å². The van der Waals surface area contributed by atoms with Crippen molar-refractivity contribution in [3.05, 3.63) is 0 Å². The number of hydrogen-bond acceptors (Lipinski definition) is 4. The van der Waals surface area contributed by atoms with Crippen molar-refractivity contribution >= 4 is 74.8 Å². The molecule has 4 nitrogen and oxygen atoms in total. The summed E-state index contributed by atoms with van der Waals surface area (Å²) in [6, 6.07) is 0. The fourth-order valence-corrected chi connectivity index (χ4v) is 3.14. The van der Waals surface area contributed by atoms with Crippen LogP contribution in [0.25, 0.3) is 0 Å². The minimum absolute atomic E-state index is 0. The van der Waals surface area contributed by atoms with E-state index in [2.05, 4.69) is 15.3 Å². The van der Waals surface area contributed by atoms with Gasteiger partial charge in [-0.2, -0.15) is 8.42 Å². The van der Waals surface area contributed by atoms with Crippen molar-refractivity contribution in [1.82, 2.24) is 0 Å². The van der Waals surface area contributed by atoms with Crippen molar-refractivity contribution in [2.24, 2.45) is 0 Å². The molecule has 0 aliphatic heterocycles. The molecule has 0 aliphatic carbocycles. The summed E-state index contributed by atoms with van der Waals surface area (Å²) in [5.74, 6) is 0. The zero-order chi connectivity index (χ0) is 16.8. The molecule has 136 valence electrons. The second-order valence-electron chi connectivity index (χ2n) is 5.19. The fraction of sp³-hybridized carbons (Fsp3) is 1.00. The second-order valence-corrected chi connectivity index (χ2v) is 8.03. The molecule has 0 aromatic carbocycles. The van der Waals surface area contributed by atoms with Crippen LogP contribution in [-0.4, -0.2) is 55.0 Å². The van der Waals surface area contributed by atoms with E-state index in [-0.39, 0.29) is 36.2 Å². The zero-order valence-electron chi connectivity index (χ0n) is 13.1. The van der Waals surface area contributed by atoms with Gasteiger partial charge in [0, 0.05) is 0 Å². The van der Waals surface area contributed by atoms with Gasteiger partial charge in [-0.05, 0) is 6.42 Å². The van der Waals surface area contributed by atoms with Crippen LogP contribution in [0.4, 0.5) is 0 Å². The van der Waals surface area contributed by atoms with Crippen LogP contribution in [0.1, 0.15) is 71.1 Å². The maximum absolute atomic E-state index is 11.4. The molecule has 0 aromatic heterocycles. The molecule has 0 aromatic rings. The van der Waals surface area contributed by atoms with Gasteiger partial charge in [0.25, 0.3) is 0 Å². The second kappa shape index (κ2) is 17.2. The van der Waals surface area contributed by atoms with Crippen LogP contribution < -0.4 is 0 Å². The van der Waals surface area contributed by atoms with E-state index in [0.29, 0.717) is 6.42 Å². The SMILES string of the molecule is CCCCCCCCCCCCOS(=O)(=O)OC(Cl)C(Cl)Cl.[NaH]. The third kappa shape index (κ3) is 18.3. The molecule has 0 fully saturated rings. The zero-order valence-corrected chi connectivity index (χ0v) is 16.2. The number of unbranched alkanes of at least 4 members (excludes halogenated alkanes) is 9. The molecule has 0 aliphatic rings. The Bertz CT molecular complexity index is 356. The van der Waals surface area contributed by atoms with E-state index >= 15 is 0 Å². The third-order valence-corrected chi connectivity index (χ3v) is 5.19. The molecule has 0 rings (SSSR count). The first-order chi connectivity index (χ1) is 10.4. The van der Waals surface area contributed by atoms with Gasteiger partial charge in [-0.3, -0.25) is 0 Å². The minimum atomic E-state index is -4.14. The first-order valence-electron chi connectivity index (χ1n) is 7.89. The van der Waals surface area contributed by atoms with Gasteiger partial charge in [0.05, 0.1) is 6.61 Å². The van der Waals surface area contributed by atoms with Gasteiger partial charge in [-0.15, -0.1) is 23.2 Å². The summed E-state index contributed by atoms with van der Waals surface area (Å²) in [6.07, 6.45) is 11.6. The Kier molecular flexibility index (Phi) is 20.1. The Morgan fingerprint density at radius 2 is 1.26 bits per heavy atom. The van der Waals surface area contributed by atoms with Crippen molar-refractivity contribution in [2.45, 2.75) is 81.5 Å². The van der Waals surface area contributed by atoms with Crippen molar-refractivity contribution in [3.63, 3.8) is 0 Å². The summed E-state index contributed by atoms with van der Waals surface area (Å²) < 4.78 is 31.8. The summed E-state index contributed by atoms with van der Waals surface area (Å²) >= 11 is 16.3. The van der Waals surface area contributed by atoms with Gasteiger partial charge >= 0.3 is 40.0 Å². The number of halogens is 3. The molecule has 0 heterocycles. The predicted octanol–water partition coefficient (Wildman–Crippen LogP) is 4.91. The van der Waals surface area contributed by atoms with E-state index in [4.69, 9.17) is 34.8 Å². The summed E-state index contributed by atoms with van der Waals surface area (Å²) in [6.45, 7) is 2.29. The predicted molar refractivity (Wildman–Crippen MR) is 100 cm³/mol. The third-order valence-electron chi connectivity index (χ3n) is 3.13. The van der Waals surface area contributed by atoms with Gasteiger partial charge in [0.1, 0.15) is 4.84 Å². The molecule has 1 unspecified atom stereocenters. The van der Waals surface area contributed by atoms with Gasteiger partial charge in [0.15, 0.2) is 5.56 Å². The Morgan fingerprint density at radius 3 is 1.70 bits per heavy atom. The van der Waals surface area contributed by atoms with Crippen molar-refractivity contribution in [3.8, 4) is 0 Å². The molecule has 0 saturated heterocycles. The van der Waals surface area contributed by atoms with Gasteiger partial charge in [-0.25, -0.2) is 8.37 Å². The first kappa shape index (κ1) is 27.0. The molecule has 1 atom stereocenters. The van der Waals surface area contributed by atoms with Crippen LogP contribution in [0.2, 0.25) is 0 Å². The molecular formula is C14H28Cl3NaO4S. The normalized spacial score (nSPS) is 13.1. The van der Waals surface area contributed by atoms with E-state index in [1.807, 2.05) is 0 Å². The topological polar surface area (TPSA) is 52.6 Å². The van der Waals surface area contributed by atoms with E-state index in [9.17, 15) is 8.42 Å². The number of rotatable bonds is 15. The fourth-order valence-electron chi connectivity index (χ4n) is 1.93. The summed E-state index contributed by atoms with van der Waals surface area (Å²) in [4.78, 5) is -1.14. The van der Waals surface area contributed by atoms with Crippen LogP contribution >= 0.6 is 34.8 Å². The monoisotopic (exact) mass is 420 g/mol. The van der Waals surface area contributed by atoms with E-state index in [0.717, 1.165) is 12.8 Å².